The average Bonchev–Trinajstić information content (AvgIpc) is 2.12. The zero-order valence-corrected chi connectivity index (χ0v) is 9.34. The Morgan fingerprint density at radius 1 is 1.64 bits per heavy atom. The van der Waals surface area contributed by atoms with E-state index in [0.717, 1.165) is 25.9 Å². The van der Waals surface area contributed by atoms with Crippen molar-refractivity contribution in [1.29, 1.82) is 5.26 Å². The molecule has 1 saturated heterocycles. The molecule has 0 aromatic rings. The number of nitrogens with zero attached hydrogens (tertiary/aromatic N) is 1. The molecule has 1 heterocycles. The molecule has 2 unspecified atom stereocenters. The third-order valence-corrected chi connectivity index (χ3v) is 2.70. The smallest absolute Gasteiger partial charge is 0.0952 e. The summed E-state index contributed by atoms with van der Waals surface area (Å²) in [5.41, 5.74) is -0.0380. The summed E-state index contributed by atoms with van der Waals surface area (Å²) in [4.78, 5) is 0. The van der Waals surface area contributed by atoms with Crippen molar-refractivity contribution in [2.45, 2.75) is 57.7 Å². The average molecular weight is 196 g/mol. The van der Waals surface area contributed by atoms with Crippen LogP contribution in [0.3, 0.4) is 0 Å². The number of rotatable bonds is 3. The predicted molar refractivity (Wildman–Crippen MR) is 55.9 cm³/mol. The normalized spacial score (nSPS) is 28.0. The lowest BCUT2D eigenvalue weighted by molar-refractivity contribution is -0.0635. The van der Waals surface area contributed by atoms with Crippen molar-refractivity contribution in [3.8, 4) is 6.07 Å². The van der Waals surface area contributed by atoms with E-state index in [2.05, 4.69) is 25.2 Å². The molecule has 0 aromatic carbocycles. The Balaban J connectivity index is 2.42. The molecule has 1 rings (SSSR count). The first-order valence-electron chi connectivity index (χ1n) is 5.37. The molecule has 3 nitrogen and oxygen atoms in total. The number of hydrogen-bond acceptors (Lipinski definition) is 3. The van der Waals surface area contributed by atoms with Gasteiger partial charge in [-0.2, -0.15) is 5.26 Å². The van der Waals surface area contributed by atoms with Gasteiger partial charge in [0.25, 0.3) is 0 Å². The molecule has 1 aliphatic heterocycles. The van der Waals surface area contributed by atoms with Crippen LogP contribution in [-0.4, -0.2) is 24.3 Å². The fourth-order valence-corrected chi connectivity index (χ4v) is 1.91. The Morgan fingerprint density at radius 2 is 2.36 bits per heavy atom. The van der Waals surface area contributed by atoms with E-state index in [1.54, 1.807) is 0 Å². The Hall–Kier alpha value is -0.590. The van der Waals surface area contributed by atoms with Crippen molar-refractivity contribution < 1.29 is 4.74 Å². The van der Waals surface area contributed by atoms with Crippen molar-refractivity contribution in [2.75, 3.05) is 6.61 Å². The highest BCUT2D eigenvalue weighted by Gasteiger charge is 2.29. The third kappa shape index (κ3) is 3.28. The van der Waals surface area contributed by atoms with E-state index in [1.807, 2.05) is 6.92 Å². The van der Waals surface area contributed by atoms with E-state index in [1.165, 1.54) is 0 Å². The van der Waals surface area contributed by atoms with Gasteiger partial charge in [-0.25, -0.2) is 0 Å². The summed E-state index contributed by atoms with van der Waals surface area (Å²) in [5.74, 6) is 0. The quantitative estimate of drug-likeness (QED) is 0.749. The minimum Gasteiger partial charge on any atom is -0.375 e. The molecule has 0 saturated carbocycles. The van der Waals surface area contributed by atoms with E-state index in [-0.39, 0.29) is 11.6 Å². The monoisotopic (exact) mass is 196 g/mol. The van der Waals surface area contributed by atoms with Crippen molar-refractivity contribution in [3.63, 3.8) is 0 Å². The van der Waals surface area contributed by atoms with Gasteiger partial charge in [0.15, 0.2) is 0 Å². The summed E-state index contributed by atoms with van der Waals surface area (Å²) in [7, 11) is 0. The minimum absolute atomic E-state index is 0.00565. The lowest BCUT2D eigenvalue weighted by Crippen LogP contribution is -2.46. The van der Waals surface area contributed by atoms with Crippen LogP contribution in [0.25, 0.3) is 0 Å². The van der Waals surface area contributed by atoms with Gasteiger partial charge in [-0.05, 0) is 33.1 Å². The SMILES string of the molecule is CCC(C#N)NC1CCOC(C)(C)C1. The molecule has 2 atom stereocenters. The molecular formula is C11H20N2O. The topological polar surface area (TPSA) is 45.0 Å². The molecule has 0 bridgehead atoms. The molecule has 1 fully saturated rings. The van der Waals surface area contributed by atoms with Crippen LogP contribution < -0.4 is 5.32 Å². The van der Waals surface area contributed by atoms with Crippen molar-refractivity contribution >= 4 is 0 Å². The van der Waals surface area contributed by atoms with E-state index in [4.69, 9.17) is 10.00 Å². The van der Waals surface area contributed by atoms with Crippen LogP contribution >= 0.6 is 0 Å². The summed E-state index contributed by atoms with van der Waals surface area (Å²) in [6.45, 7) is 7.04. The van der Waals surface area contributed by atoms with Gasteiger partial charge in [-0.15, -0.1) is 0 Å². The first-order valence-corrected chi connectivity index (χ1v) is 5.37. The van der Waals surface area contributed by atoms with Crippen molar-refractivity contribution in [2.24, 2.45) is 0 Å². The Morgan fingerprint density at radius 3 is 2.86 bits per heavy atom. The van der Waals surface area contributed by atoms with Gasteiger partial charge in [-0.3, -0.25) is 5.32 Å². The van der Waals surface area contributed by atoms with Crippen LogP contribution in [0.4, 0.5) is 0 Å². The maximum atomic E-state index is 8.84. The molecule has 0 spiro atoms. The highest BCUT2D eigenvalue weighted by molar-refractivity contribution is 4.93. The van der Waals surface area contributed by atoms with Gasteiger partial charge < -0.3 is 4.74 Å². The van der Waals surface area contributed by atoms with Gasteiger partial charge in [0.05, 0.1) is 17.7 Å². The highest BCUT2D eigenvalue weighted by atomic mass is 16.5. The fraction of sp³-hybridized carbons (Fsp3) is 0.909. The first-order chi connectivity index (χ1) is 6.57. The van der Waals surface area contributed by atoms with Gasteiger partial charge in [0, 0.05) is 12.6 Å². The molecule has 3 heteroatoms. The second kappa shape index (κ2) is 4.77. The second-order valence-electron chi connectivity index (χ2n) is 4.55. The summed E-state index contributed by atoms with van der Waals surface area (Å²) < 4.78 is 5.62. The third-order valence-electron chi connectivity index (χ3n) is 2.70. The van der Waals surface area contributed by atoms with E-state index in [0.29, 0.717) is 6.04 Å². The molecule has 0 aliphatic carbocycles. The maximum Gasteiger partial charge on any atom is 0.0952 e. The van der Waals surface area contributed by atoms with E-state index >= 15 is 0 Å². The van der Waals surface area contributed by atoms with Gasteiger partial charge in [0.1, 0.15) is 0 Å². The van der Waals surface area contributed by atoms with E-state index in [9.17, 15) is 0 Å². The number of hydrogen-bond donors (Lipinski definition) is 1. The number of nitriles is 1. The molecule has 80 valence electrons. The number of nitrogens with one attached hydrogen (secondary N) is 1. The fourth-order valence-electron chi connectivity index (χ4n) is 1.91. The Labute approximate surface area is 86.4 Å². The van der Waals surface area contributed by atoms with Crippen LogP contribution in [0.1, 0.15) is 40.0 Å². The number of ether oxygens (including phenoxy) is 1. The standard InChI is InChI=1S/C11H20N2O/c1-4-9(8-12)13-10-5-6-14-11(2,3)7-10/h9-10,13H,4-7H2,1-3H3. The predicted octanol–water partition coefficient (Wildman–Crippen LogP) is 1.84. The van der Waals surface area contributed by atoms with Crippen LogP contribution in [0.5, 0.6) is 0 Å². The first kappa shape index (κ1) is 11.5. The summed E-state index contributed by atoms with van der Waals surface area (Å²) in [5, 5.41) is 12.2. The van der Waals surface area contributed by atoms with Crippen LogP contribution in [0, 0.1) is 11.3 Å². The lowest BCUT2D eigenvalue weighted by Gasteiger charge is -2.36. The van der Waals surface area contributed by atoms with Gasteiger partial charge in [-0.1, -0.05) is 6.92 Å². The van der Waals surface area contributed by atoms with Crippen LogP contribution in [0.15, 0.2) is 0 Å². The summed E-state index contributed by atoms with van der Waals surface area (Å²) >= 11 is 0. The summed E-state index contributed by atoms with van der Waals surface area (Å²) in [6, 6.07) is 2.70. The minimum atomic E-state index is -0.0380. The molecule has 0 radical (unpaired) electrons. The largest absolute Gasteiger partial charge is 0.375 e. The Bertz CT molecular complexity index is 220. The van der Waals surface area contributed by atoms with Crippen molar-refractivity contribution in [3.05, 3.63) is 0 Å². The summed E-state index contributed by atoms with van der Waals surface area (Å²) in [6.07, 6.45) is 2.88. The van der Waals surface area contributed by atoms with Crippen LogP contribution in [-0.2, 0) is 4.74 Å². The molecule has 14 heavy (non-hydrogen) atoms. The van der Waals surface area contributed by atoms with Crippen LogP contribution in [0.2, 0.25) is 0 Å². The maximum absolute atomic E-state index is 8.84. The molecule has 1 aliphatic rings. The van der Waals surface area contributed by atoms with Crippen molar-refractivity contribution in [1.82, 2.24) is 5.32 Å². The van der Waals surface area contributed by atoms with Gasteiger partial charge in [0.2, 0.25) is 0 Å². The van der Waals surface area contributed by atoms with Gasteiger partial charge >= 0.3 is 0 Å². The van der Waals surface area contributed by atoms with E-state index < -0.39 is 0 Å². The molecular weight excluding hydrogens is 176 g/mol. The highest BCUT2D eigenvalue weighted by Crippen LogP contribution is 2.24. The molecule has 0 aromatic heterocycles. The zero-order valence-electron chi connectivity index (χ0n) is 9.34. The zero-order chi connectivity index (χ0) is 10.6. The molecule has 1 N–H and O–H groups in total. The second-order valence-corrected chi connectivity index (χ2v) is 4.55. The Kier molecular flexibility index (Phi) is 3.91. The lowest BCUT2D eigenvalue weighted by atomic mass is 9.93. The molecule has 0 amide bonds.